The van der Waals surface area contributed by atoms with Crippen LogP contribution in [0.2, 0.25) is 5.02 Å². The smallest absolute Gasteiger partial charge is 0.325 e. The summed E-state index contributed by atoms with van der Waals surface area (Å²) in [4.78, 5) is 49.7. The van der Waals surface area contributed by atoms with Crippen molar-refractivity contribution in [2.45, 2.75) is 18.9 Å². The molecule has 0 unspecified atom stereocenters. The highest BCUT2D eigenvalue weighted by Gasteiger charge is 2.24. The molecule has 0 radical (unpaired) electrons. The highest BCUT2D eigenvalue weighted by atomic mass is 35.5. The highest BCUT2D eigenvalue weighted by Crippen LogP contribution is 2.18. The Kier molecular flexibility index (Phi) is 6.07. The van der Waals surface area contributed by atoms with Crippen molar-refractivity contribution in [2.75, 3.05) is 13.2 Å². The largest absolute Gasteiger partial charge is 0.454 e. The molecule has 1 aromatic rings. The molecule has 1 aliphatic rings. The predicted octanol–water partition coefficient (Wildman–Crippen LogP) is -0.00380. The van der Waals surface area contributed by atoms with Gasteiger partial charge in [0.15, 0.2) is 6.61 Å². The minimum Gasteiger partial charge on any atom is -0.454 e. The van der Waals surface area contributed by atoms with Gasteiger partial charge in [0, 0.05) is 17.3 Å². The van der Waals surface area contributed by atoms with E-state index in [2.05, 4.69) is 20.4 Å². The van der Waals surface area contributed by atoms with Crippen LogP contribution < -0.4 is 16.0 Å². The van der Waals surface area contributed by atoms with Crippen molar-refractivity contribution < 1.29 is 23.9 Å². The second kappa shape index (κ2) is 8.25. The van der Waals surface area contributed by atoms with Crippen LogP contribution >= 0.6 is 11.6 Å². The van der Waals surface area contributed by atoms with E-state index in [1.54, 1.807) is 0 Å². The third-order valence-corrected chi connectivity index (χ3v) is 3.11. The van der Waals surface area contributed by atoms with Gasteiger partial charge >= 0.3 is 12.0 Å². The van der Waals surface area contributed by atoms with E-state index >= 15 is 0 Å². The molecule has 3 N–H and O–H groups in total. The molecule has 0 bridgehead atoms. The zero-order chi connectivity index (χ0) is 17.5. The van der Waals surface area contributed by atoms with Gasteiger partial charge in [0.1, 0.15) is 12.2 Å². The van der Waals surface area contributed by atoms with Crippen LogP contribution in [0, 0.1) is 0 Å². The molecule has 1 fully saturated rings. The maximum absolute atomic E-state index is 11.7. The third-order valence-electron chi connectivity index (χ3n) is 2.88. The van der Waals surface area contributed by atoms with E-state index in [0.717, 1.165) is 12.8 Å². The number of aromatic nitrogens is 1. The van der Waals surface area contributed by atoms with E-state index in [-0.39, 0.29) is 11.7 Å². The van der Waals surface area contributed by atoms with Gasteiger partial charge in [0.05, 0.1) is 0 Å². The number of nitrogens with one attached hydrogen (secondary N) is 3. The number of rotatable bonds is 6. The Morgan fingerprint density at radius 1 is 1.29 bits per heavy atom. The van der Waals surface area contributed by atoms with Crippen molar-refractivity contribution in [3.05, 3.63) is 29.0 Å². The van der Waals surface area contributed by atoms with Crippen LogP contribution in [-0.2, 0) is 14.3 Å². The molecule has 24 heavy (non-hydrogen) atoms. The molecule has 1 aromatic heterocycles. The van der Waals surface area contributed by atoms with Crippen LogP contribution in [0.15, 0.2) is 18.3 Å². The number of esters is 1. The fourth-order valence-electron chi connectivity index (χ4n) is 1.58. The molecule has 1 heterocycles. The topological polar surface area (TPSA) is 126 Å². The summed E-state index contributed by atoms with van der Waals surface area (Å²) in [6.07, 6.45) is 3.13. The molecule has 4 amide bonds. The fraction of sp³-hybridized carbons (Fsp3) is 0.357. The molecule has 0 saturated heterocycles. The predicted molar refractivity (Wildman–Crippen MR) is 82.2 cm³/mol. The number of carbonyl (C=O) groups is 4. The maximum atomic E-state index is 11.7. The summed E-state index contributed by atoms with van der Waals surface area (Å²) < 4.78 is 4.64. The Bertz CT molecular complexity index is 662. The van der Waals surface area contributed by atoms with Gasteiger partial charge in [-0.2, -0.15) is 0 Å². The van der Waals surface area contributed by atoms with Crippen molar-refractivity contribution in [1.29, 1.82) is 0 Å². The Hall–Kier alpha value is -2.68. The summed E-state index contributed by atoms with van der Waals surface area (Å²) in [5, 5.41) is 7.19. The Labute approximate surface area is 142 Å². The lowest BCUT2D eigenvalue weighted by Crippen LogP contribution is -2.42. The summed E-state index contributed by atoms with van der Waals surface area (Å²) >= 11 is 5.72. The lowest BCUT2D eigenvalue weighted by atomic mass is 10.3. The average molecular weight is 355 g/mol. The van der Waals surface area contributed by atoms with Crippen molar-refractivity contribution in [2.24, 2.45) is 0 Å². The molecular weight excluding hydrogens is 340 g/mol. The molecule has 1 saturated carbocycles. The van der Waals surface area contributed by atoms with Gasteiger partial charge in [0.2, 0.25) is 0 Å². The summed E-state index contributed by atoms with van der Waals surface area (Å²) in [7, 11) is 0. The van der Waals surface area contributed by atoms with E-state index in [9.17, 15) is 19.2 Å². The SMILES string of the molecule is O=C(COC(=O)CNC(=O)c1cc(Cl)ccn1)NC(=O)NC1CC1. The number of pyridine rings is 1. The summed E-state index contributed by atoms with van der Waals surface area (Å²) in [6.45, 7) is -1.07. The Balaban J connectivity index is 1.64. The highest BCUT2D eigenvalue weighted by molar-refractivity contribution is 6.30. The first-order valence-electron chi connectivity index (χ1n) is 7.10. The van der Waals surface area contributed by atoms with E-state index in [1.807, 2.05) is 5.32 Å². The first-order chi connectivity index (χ1) is 11.4. The van der Waals surface area contributed by atoms with Gasteiger partial charge in [-0.1, -0.05) is 11.6 Å². The molecule has 0 atom stereocenters. The molecule has 2 rings (SSSR count). The molecule has 1 aliphatic carbocycles. The van der Waals surface area contributed by atoms with Gasteiger partial charge in [-0.25, -0.2) is 4.79 Å². The van der Waals surface area contributed by atoms with Crippen LogP contribution in [0.5, 0.6) is 0 Å². The van der Waals surface area contributed by atoms with Gasteiger partial charge in [0.25, 0.3) is 11.8 Å². The van der Waals surface area contributed by atoms with Crippen molar-refractivity contribution in [3.8, 4) is 0 Å². The number of imide groups is 1. The van der Waals surface area contributed by atoms with Gasteiger partial charge in [-0.15, -0.1) is 0 Å². The minimum atomic E-state index is -0.830. The van der Waals surface area contributed by atoms with Crippen LogP contribution in [0.1, 0.15) is 23.3 Å². The quantitative estimate of drug-likeness (QED) is 0.617. The molecular formula is C14H15ClN4O5. The third kappa shape index (κ3) is 6.21. The first-order valence-corrected chi connectivity index (χ1v) is 7.47. The number of hydrogen-bond acceptors (Lipinski definition) is 6. The molecule has 9 nitrogen and oxygen atoms in total. The van der Waals surface area contributed by atoms with E-state index in [0.29, 0.717) is 5.02 Å². The van der Waals surface area contributed by atoms with Crippen LogP contribution in [0.25, 0.3) is 0 Å². The second-order valence-corrected chi connectivity index (χ2v) is 5.44. The molecule has 128 valence electrons. The van der Waals surface area contributed by atoms with Crippen molar-refractivity contribution in [3.63, 3.8) is 0 Å². The average Bonchev–Trinajstić information content (AvgIpc) is 3.34. The van der Waals surface area contributed by atoms with Gasteiger partial charge in [-0.3, -0.25) is 24.7 Å². The number of urea groups is 1. The fourth-order valence-corrected chi connectivity index (χ4v) is 1.74. The number of hydrogen-bond donors (Lipinski definition) is 3. The lowest BCUT2D eigenvalue weighted by molar-refractivity contribution is -0.147. The normalized spacial score (nSPS) is 12.9. The van der Waals surface area contributed by atoms with E-state index in [1.165, 1.54) is 18.3 Å². The standard InChI is InChI=1S/C14H15ClN4O5/c15-8-3-4-16-10(5-8)13(22)17-6-12(21)24-7-11(20)19-14(23)18-9-1-2-9/h3-5,9H,1-2,6-7H2,(H,17,22)(H2,18,19,20,23). The zero-order valence-corrected chi connectivity index (χ0v) is 13.3. The second-order valence-electron chi connectivity index (χ2n) is 5.00. The van der Waals surface area contributed by atoms with E-state index < -0.39 is 37.0 Å². The van der Waals surface area contributed by atoms with Crippen molar-refractivity contribution in [1.82, 2.24) is 20.9 Å². The van der Waals surface area contributed by atoms with Gasteiger partial charge in [-0.05, 0) is 25.0 Å². The van der Waals surface area contributed by atoms with Crippen molar-refractivity contribution >= 4 is 35.4 Å². The number of ether oxygens (including phenoxy) is 1. The lowest BCUT2D eigenvalue weighted by Gasteiger charge is -2.07. The number of amides is 4. The minimum absolute atomic E-state index is 0.0461. The first kappa shape index (κ1) is 17.7. The van der Waals surface area contributed by atoms with Crippen LogP contribution in [0.4, 0.5) is 4.79 Å². The number of nitrogens with zero attached hydrogens (tertiary/aromatic N) is 1. The molecule has 0 spiro atoms. The number of carbonyl (C=O) groups excluding carboxylic acids is 4. The maximum Gasteiger partial charge on any atom is 0.325 e. The van der Waals surface area contributed by atoms with Gasteiger partial charge < -0.3 is 15.4 Å². The van der Waals surface area contributed by atoms with E-state index in [4.69, 9.17) is 11.6 Å². The number of halogens is 1. The molecule has 10 heteroatoms. The van der Waals surface area contributed by atoms with Crippen LogP contribution in [0.3, 0.4) is 0 Å². The summed E-state index contributed by atoms with van der Waals surface area (Å²) in [5.74, 6) is -2.20. The molecule has 0 aliphatic heterocycles. The monoisotopic (exact) mass is 354 g/mol. The zero-order valence-electron chi connectivity index (χ0n) is 12.5. The Morgan fingerprint density at radius 2 is 2.04 bits per heavy atom. The summed E-state index contributed by atoms with van der Waals surface area (Å²) in [5.41, 5.74) is 0.0461. The molecule has 0 aromatic carbocycles. The summed E-state index contributed by atoms with van der Waals surface area (Å²) in [6, 6.07) is 2.33. The van der Waals surface area contributed by atoms with Crippen LogP contribution in [-0.4, -0.2) is 48.0 Å². The Morgan fingerprint density at radius 3 is 2.71 bits per heavy atom.